The summed E-state index contributed by atoms with van der Waals surface area (Å²) in [4.78, 5) is 22.3. The van der Waals surface area contributed by atoms with Crippen LogP contribution in [0.1, 0.15) is 45.4 Å². The fraction of sp³-hybridized carbons (Fsp3) is 0.455. The second kappa shape index (κ2) is 13.1. The second-order valence-corrected chi connectivity index (χ2v) is 6.37. The predicted octanol–water partition coefficient (Wildman–Crippen LogP) is 4.39. The minimum Gasteiger partial charge on any atom is -0.481 e. The molecule has 0 radical (unpaired) electrons. The van der Waals surface area contributed by atoms with Crippen molar-refractivity contribution in [3.05, 3.63) is 60.8 Å². The third-order valence-corrected chi connectivity index (χ3v) is 4.23. The monoisotopic (exact) mass is 358 g/mol. The number of hydrogen-bond acceptors (Lipinski definition) is 3. The highest BCUT2D eigenvalue weighted by Crippen LogP contribution is 2.27. The summed E-state index contributed by atoms with van der Waals surface area (Å²) in [5.41, 5.74) is 0. The van der Waals surface area contributed by atoms with Crippen LogP contribution in [-0.2, 0) is 9.59 Å². The minimum absolute atomic E-state index is 0.109. The summed E-state index contributed by atoms with van der Waals surface area (Å²) in [5.74, 6) is -0.654. The number of carbonyl (C=O) groups excluding carboxylic acids is 1. The van der Waals surface area contributed by atoms with Crippen molar-refractivity contribution in [3.63, 3.8) is 0 Å². The number of carboxylic acid groups (broad SMARTS) is 1. The van der Waals surface area contributed by atoms with Gasteiger partial charge in [-0.3, -0.25) is 9.59 Å². The molecule has 4 heteroatoms. The zero-order valence-corrected chi connectivity index (χ0v) is 15.5. The van der Waals surface area contributed by atoms with E-state index in [-0.39, 0.29) is 24.0 Å². The van der Waals surface area contributed by atoms with Crippen molar-refractivity contribution >= 4 is 11.8 Å². The Balaban J connectivity index is 2.27. The number of carboxylic acids is 1. The smallest absolute Gasteiger partial charge is 0.303 e. The molecule has 0 aromatic heterocycles. The molecular weight excluding hydrogens is 328 g/mol. The zero-order chi connectivity index (χ0) is 19.2. The average molecular weight is 358 g/mol. The van der Waals surface area contributed by atoms with Gasteiger partial charge in [0.15, 0.2) is 5.78 Å². The molecule has 1 aliphatic rings. The predicted molar refractivity (Wildman–Crippen MR) is 105 cm³/mol. The van der Waals surface area contributed by atoms with Gasteiger partial charge in [-0.15, -0.1) is 0 Å². The molecule has 0 saturated carbocycles. The van der Waals surface area contributed by atoms with Gasteiger partial charge in [0.2, 0.25) is 0 Å². The van der Waals surface area contributed by atoms with Crippen LogP contribution in [-0.4, -0.2) is 28.1 Å². The molecule has 0 aromatic carbocycles. The van der Waals surface area contributed by atoms with E-state index in [9.17, 15) is 14.7 Å². The molecule has 0 aromatic rings. The van der Waals surface area contributed by atoms with Crippen LogP contribution < -0.4 is 0 Å². The molecule has 4 nitrogen and oxygen atoms in total. The van der Waals surface area contributed by atoms with E-state index in [2.05, 4.69) is 24.3 Å². The van der Waals surface area contributed by atoms with Gasteiger partial charge in [-0.1, -0.05) is 61.6 Å². The molecule has 0 bridgehead atoms. The van der Waals surface area contributed by atoms with Gasteiger partial charge in [0.1, 0.15) is 0 Å². The Labute approximate surface area is 156 Å². The molecular formula is C22H30O4. The lowest BCUT2D eigenvalue weighted by Gasteiger charge is -2.13. The van der Waals surface area contributed by atoms with Crippen molar-refractivity contribution < 1.29 is 19.8 Å². The first kappa shape index (κ1) is 21.8. The normalized spacial score (nSPS) is 21.8. The fourth-order valence-corrected chi connectivity index (χ4v) is 2.63. The van der Waals surface area contributed by atoms with Crippen molar-refractivity contribution in [1.82, 2.24) is 0 Å². The Morgan fingerprint density at radius 1 is 1.15 bits per heavy atom. The van der Waals surface area contributed by atoms with Gasteiger partial charge in [-0.2, -0.15) is 0 Å². The zero-order valence-electron chi connectivity index (χ0n) is 15.5. The molecule has 0 amide bonds. The molecule has 0 unspecified atom stereocenters. The Morgan fingerprint density at radius 2 is 1.81 bits per heavy atom. The van der Waals surface area contributed by atoms with Crippen LogP contribution in [0.4, 0.5) is 0 Å². The maximum atomic E-state index is 11.9. The maximum absolute atomic E-state index is 11.9. The van der Waals surface area contributed by atoms with Crippen molar-refractivity contribution in [3.8, 4) is 0 Å². The molecule has 0 heterocycles. The van der Waals surface area contributed by atoms with E-state index in [0.717, 1.165) is 19.3 Å². The Morgan fingerprint density at radius 3 is 2.46 bits per heavy atom. The van der Waals surface area contributed by atoms with Gasteiger partial charge < -0.3 is 10.2 Å². The van der Waals surface area contributed by atoms with E-state index >= 15 is 0 Å². The first-order chi connectivity index (χ1) is 12.5. The summed E-state index contributed by atoms with van der Waals surface area (Å²) in [6.45, 7) is 1.91. The highest BCUT2D eigenvalue weighted by atomic mass is 16.4. The van der Waals surface area contributed by atoms with Crippen LogP contribution in [0.15, 0.2) is 60.8 Å². The standard InChI is InChI=1S/C22H30O4/c1-2-19(23)15-16-20-18(14-17-21(20)24)12-10-8-6-4-3-5-7-9-11-13-22(25)26/h3-4,7-10,14-20,23H,2,5-6,11-13H2,1H3,(H,25,26)/b4-3-,9-7-,10-8-,16-15+/t18-,19-,20+/m1/s1. The van der Waals surface area contributed by atoms with Crippen LogP contribution in [0.3, 0.4) is 0 Å². The number of hydrogen-bond donors (Lipinski definition) is 2. The highest BCUT2D eigenvalue weighted by molar-refractivity contribution is 5.95. The minimum atomic E-state index is -0.770. The van der Waals surface area contributed by atoms with Gasteiger partial charge in [0.05, 0.1) is 6.10 Å². The Hall–Kier alpha value is -2.20. The molecule has 2 N–H and O–H groups in total. The third-order valence-electron chi connectivity index (χ3n) is 4.23. The van der Waals surface area contributed by atoms with E-state index in [1.165, 1.54) is 0 Å². The van der Waals surface area contributed by atoms with E-state index in [1.54, 1.807) is 12.2 Å². The Kier molecular flexibility index (Phi) is 11.0. The van der Waals surface area contributed by atoms with Gasteiger partial charge in [-0.25, -0.2) is 0 Å². The SMILES string of the molecule is CC[C@@H](O)/C=C/[C@@H]1C(=O)C=C[C@H]1C/C=C\C/C=C\C/C=C\CCC(=O)O. The largest absolute Gasteiger partial charge is 0.481 e. The molecule has 0 spiro atoms. The van der Waals surface area contributed by atoms with Crippen LogP contribution in [0, 0.1) is 11.8 Å². The van der Waals surface area contributed by atoms with Gasteiger partial charge in [0, 0.05) is 12.3 Å². The Bertz CT molecular complexity index is 581. The van der Waals surface area contributed by atoms with Crippen molar-refractivity contribution in [2.24, 2.45) is 11.8 Å². The number of carbonyl (C=O) groups is 2. The summed E-state index contributed by atoms with van der Waals surface area (Å²) >= 11 is 0. The lowest BCUT2D eigenvalue weighted by Crippen LogP contribution is -2.13. The fourth-order valence-electron chi connectivity index (χ4n) is 2.63. The van der Waals surface area contributed by atoms with Crippen molar-refractivity contribution in [1.29, 1.82) is 0 Å². The number of rotatable bonds is 12. The van der Waals surface area contributed by atoms with E-state index < -0.39 is 12.1 Å². The molecule has 0 saturated heterocycles. The third kappa shape index (κ3) is 9.33. The van der Waals surface area contributed by atoms with Crippen molar-refractivity contribution in [2.45, 2.75) is 51.6 Å². The van der Waals surface area contributed by atoms with Crippen LogP contribution in [0.5, 0.6) is 0 Å². The summed E-state index contributed by atoms with van der Waals surface area (Å²) in [6, 6.07) is 0. The number of aliphatic hydroxyl groups excluding tert-OH is 1. The molecule has 142 valence electrons. The molecule has 3 atom stereocenters. The summed E-state index contributed by atoms with van der Waals surface area (Å²) in [7, 11) is 0. The summed E-state index contributed by atoms with van der Waals surface area (Å²) in [5, 5.41) is 18.1. The van der Waals surface area contributed by atoms with Gasteiger partial charge in [0.25, 0.3) is 0 Å². The average Bonchev–Trinajstić information content (AvgIpc) is 2.97. The molecule has 0 fully saturated rings. The quantitative estimate of drug-likeness (QED) is 0.507. The molecule has 1 aliphatic carbocycles. The van der Waals surface area contributed by atoms with E-state index in [0.29, 0.717) is 12.8 Å². The first-order valence-electron chi connectivity index (χ1n) is 9.29. The van der Waals surface area contributed by atoms with Crippen LogP contribution >= 0.6 is 0 Å². The lowest BCUT2D eigenvalue weighted by atomic mass is 9.91. The van der Waals surface area contributed by atoms with Crippen LogP contribution in [0.2, 0.25) is 0 Å². The molecule has 26 heavy (non-hydrogen) atoms. The number of allylic oxidation sites excluding steroid dienone is 9. The molecule has 1 rings (SSSR count). The second-order valence-electron chi connectivity index (χ2n) is 6.37. The number of aliphatic carboxylic acids is 1. The lowest BCUT2D eigenvalue weighted by molar-refractivity contribution is -0.136. The van der Waals surface area contributed by atoms with E-state index in [1.807, 2.05) is 31.2 Å². The highest BCUT2D eigenvalue weighted by Gasteiger charge is 2.26. The summed E-state index contributed by atoms with van der Waals surface area (Å²) < 4.78 is 0. The maximum Gasteiger partial charge on any atom is 0.303 e. The van der Waals surface area contributed by atoms with Crippen LogP contribution in [0.25, 0.3) is 0 Å². The number of aliphatic hydroxyl groups is 1. The molecule has 0 aliphatic heterocycles. The van der Waals surface area contributed by atoms with Crippen molar-refractivity contribution in [2.75, 3.05) is 0 Å². The van der Waals surface area contributed by atoms with E-state index in [4.69, 9.17) is 5.11 Å². The number of ketones is 1. The topological polar surface area (TPSA) is 74.6 Å². The summed E-state index contributed by atoms with van der Waals surface area (Å²) in [6.07, 6.45) is 22.7. The first-order valence-corrected chi connectivity index (χ1v) is 9.29. The van der Waals surface area contributed by atoms with Gasteiger partial charge >= 0.3 is 5.97 Å². The van der Waals surface area contributed by atoms with Gasteiger partial charge in [-0.05, 0) is 44.1 Å².